The van der Waals surface area contributed by atoms with E-state index < -0.39 is 6.67 Å². The molecule has 2 heteroatoms. The minimum absolute atomic E-state index is 0.338. The van der Waals surface area contributed by atoms with Crippen LogP contribution < -0.4 is 5.73 Å². The van der Waals surface area contributed by atoms with Gasteiger partial charge in [-0.3, -0.25) is 0 Å². The molecule has 0 radical (unpaired) electrons. The zero-order valence-corrected chi connectivity index (χ0v) is 7.47. The number of rotatable bonds is 2. The van der Waals surface area contributed by atoms with Crippen LogP contribution in [0.5, 0.6) is 0 Å². The Morgan fingerprint density at radius 1 is 1.25 bits per heavy atom. The smallest absolute Gasteiger partial charge is 0.115 e. The van der Waals surface area contributed by atoms with Crippen LogP contribution >= 0.6 is 0 Å². The fourth-order valence-corrected chi connectivity index (χ4v) is 1.02. The summed E-state index contributed by atoms with van der Waals surface area (Å²) < 4.78 is 12.1. The van der Waals surface area contributed by atoms with Crippen LogP contribution in [0.4, 0.5) is 4.39 Å². The molecule has 0 unspecified atom stereocenters. The Hall–Kier alpha value is -0.890. The Bertz CT molecular complexity index is 246. The average Bonchev–Trinajstić information content (AvgIpc) is 2.03. The molecule has 0 aromatic heterocycles. The molecule has 0 spiro atoms. The van der Waals surface area contributed by atoms with Gasteiger partial charge in [0.1, 0.15) is 6.67 Å². The second-order valence-corrected chi connectivity index (χ2v) is 3.55. The summed E-state index contributed by atoms with van der Waals surface area (Å²) in [5, 5.41) is 0. The molecular formula is C10H14FN. The standard InChI is InChI=1S/C10H14FN/c1-10(2,12)9-5-3-8(7-11)4-6-9/h3-6H,7,12H2,1-2H3. The van der Waals surface area contributed by atoms with Gasteiger partial charge in [0.05, 0.1) is 0 Å². The summed E-state index contributed by atoms with van der Waals surface area (Å²) in [5.74, 6) is 0. The lowest BCUT2D eigenvalue weighted by Crippen LogP contribution is -2.28. The Kier molecular flexibility index (Phi) is 2.48. The minimum Gasteiger partial charge on any atom is -0.322 e. The lowest BCUT2D eigenvalue weighted by Gasteiger charge is -2.18. The van der Waals surface area contributed by atoms with Crippen LogP contribution in [0.2, 0.25) is 0 Å². The van der Waals surface area contributed by atoms with E-state index in [1.165, 1.54) is 0 Å². The fraction of sp³-hybridized carbons (Fsp3) is 0.400. The molecule has 1 rings (SSSR count). The maximum absolute atomic E-state index is 12.1. The molecule has 2 N–H and O–H groups in total. The monoisotopic (exact) mass is 167 g/mol. The van der Waals surface area contributed by atoms with Crippen molar-refractivity contribution in [2.75, 3.05) is 0 Å². The van der Waals surface area contributed by atoms with E-state index in [-0.39, 0.29) is 5.54 Å². The third-order valence-corrected chi connectivity index (χ3v) is 1.85. The molecule has 0 fully saturated rings. The molecule has 0 heterocycles. The van der Waals surface area contributed by atoms with E-state index in [0.717, 1.165) is 5.56 Å². The molecule has 12 heavy (non-hydrogen) atoms. The third kappa shape index (κ3) is 2.05. The van der Waals surface area contributed by atoms with Gasteiger partial charge in [0.15, 0.2) is 0 Å². The van der Waals surface area contributed by atoms with Crippen molar-refractivity contribution in [1.82, 2.24) is 0 Å². The summed E-state index contributed by atoms with van der Waals surface area (Å²) >= 11 is 0. The van der Waals surface area contributed by atoms with E-state index in [4.69, 9.17) is 5.73 Å². The van der Waals surface area contributed by atoms with Gasteiger partial charge in [0, 0.05) is 5.54 Å². The Labute approximate surface area is 72.4 Å². The van der Waals surface area contributed by atoms with E-state index in [1.807, 2.05) is 26.0 Å². The van der Waals surface area contributed by atoms with Gasteiger partial charge in [0.2, 0.25) is 0 Å². The molecule has 1 nitrogen and oxygen atoms in total. The molecule has 0 aliphatic heterocycles. The summed E-state index contributed by atoms with van der Waals surface area (Å²) in [6, 6.07) is 7.28. The first-order valence-electron chi connectivity index (χ1n) is 3.98. The van der Waals surface area contributed by atoms with Crippen molar-refractivity contribution in [2.45, 2.75) is 26.1 Å². The van der Waals surface area contributed by atoms with Crippen molar-refractivity contribution in [2.24, 2.45) is 5.73 Å². The van der Waals surface area contributed by atoms with Gasteiger partial charge in [-0.1, -0.05) is 24.3 Å². The summed E-state index contributed by atoms with van der Waals surface area (Å²) in [7, 11) is 0. The zero-order chi connectivity index (χ0) is 9.19. The summed E-state index contributed by atoms with van der Waals surface area (Å²) in [4.78, 5) is 0. The molecule has 0 aliphatic carbocycles. The van der Waals surface area contributed by atoms with Crippen LogP contribution in [0.15, 0.2) is 24.3 Å². The predicted molar refractivity (Wildman–Crippen MR) is 48.5 cm³/mol. The van der Waals surface area contributed by atoms with Crippen molar-refractivity contribution in [3.05, 3.63) is 35.4 Å². The van der Waals surface area contributed by atoms with Crippen molar-refractivity contribution in [1.29, 1.82) is 0 Å². The van der Waals surface area contributed by atoms with Gasteiger partial charge in [-0.15, -0.1) is 0 Å². The zero-order valence-electron chi connectivity index (χ0n) is 7.47. The van der Waals surface area contributed by atoms with Crippen LogP contribution in [-0.2, 0) is 12.2 Å². The Morgan fingerprint density at radius 3 is 2.08 bits per heavy atom. The van der Waals surface area contributed by atoms with E-state index in [9.17, 15) is 4.39 Å². The van der Waals surface area contributed by atoms with Gasteiger partial charge in [-0.2, -0.15) is 0 Å². The molecule has 0 amide bonds. The molecule has 0 bridgehead atoms. The third-order valence-electron chi connectivity index (χ3n) is 1.85. The second kappa shape index (κ2) is 3.23. The molecule has 0 saturated heterocycles. The van der Waals surface area contributed by atoms with Crippen molar-refractivity contribution in [3.8, 4) is 0 Å². The maximum Gasteiger partial charge on any atom is 0.115 e. The van der Waals surface area contributed by atoms with E-state index in [2.05, 4.69) is 0 Å². The van der Waals surface area contributed by atoms with Gasteiger partial charge in [-0.05, 0) is 25.0 Å². The van der Waals surface area contributed by atoms with E-state index >= 15 is 0 Å². The molecule has 0 atom stereocenters. The molecule has 66 valence electrons. The molecule has 1 aromatic carbocycles. The second-order valence-electron chi connectivity index (χ2n) is 3.55. The number of benzene rings is 1. The maximum atomic E-state index is 12.1. The Morgan fingerprint density at radius 2 is 1.75 bits per heavy atom. The lowest BCUT2D eigenvalue weighted by atomic mass is 9.95. The summed E-state index contributed by atoms with van der Waals surface area (Å²) in [5.41, 5.74) is 7.24. The van der Waals surface area contributed by atoms with Crippen LogP contribution in [0.1, 0.15) is 25.0 Å². The van der Waals surface area contributed by atoms with Gasteiger partial charge < -0.3 is 5.73 Å². The van der Waals surface area contributed by atoms with Crippen LogP contribution in [0.25, 0.3) is 0 Å². The predicted octanol–water partition coefficient (Wildman–Crippen LogP) is 2.35. The Balaban J connectivity index is 2.93. The number of hydrogen-bond acceptors (Lipinski definition) is 1. The minimum atomic E-state index is -0.411. The molecule has 0 saturated carbocycles. The summed E-state index contributed by atoms with van der Waals surface area (Å²) in [6.07, 6.45) is 0. The number of alkyl halides is 1. The normalized spacial score (nSPS) is 11.7. The first-order chi connectivity index (χ1) is 5.54. The SMILES string of the molecule is CC(C)(N)c1ccc(CF)cc1. The quantitative estimate of drug-likeness (QED) is 0.718. The van der Waals surface area contributed by atoms with Crippen LogP contribution in [0, 0.1) is 0 Å². The highest BCUT2D eigenvalue weighted by Gasteiger charge is 2.12. The lowest BCUT2D eigenvalue weighted by molar-refractivity contribution is 0.484. The largest absolute Gasteiger partial charge is 0.322 e. The fourth-order valence-electron chi connectivity index (χ4n) is 1.02. The van der Waals surface area contributed by atoms with Crippen molar-refractivity contribution < 1.29 is 4.39 Å². The van der Waals surface area contributed by atoms with Gasteiger partial charge >= 0.3 is 0 Å². The van der Waals surface area contributed by atoms with Gasteiger partial charge in [0.25, 0.3) is 0 Å². The van der Waals surface area contributed by atoms with E-state index in [0.29, 0.717) is 5.56 Å². The molecular weight excluding hydrogens is 153 g/mol. The average molecular weight is 167 g/mol. The topological polar surface area (TPSA) is 26.0 Å². The van der Waals surface area contributed by atoms with Gasteiger partial charge in [-0.25, -0.2) is 4.39 Å². The van der Waals surface area contributed by atoms with Crippen molar-refractivity contribution >= 4 is 0 Å². The first-order valence-corrected chi connectivity index (χ1v) is 3.98. The van der Waals surface area contributed by atoms with E-state index in [1.54, 1.807) is 12.1 Å². The number of hydrogen-bond donors (Lipinski definition) is 1. The van der Waals surface area contributed by atoms with Crippen LogP contribution in [0.3, 0.4) is 0 Å². The number of halogens is 1. The first kappa shape index (κ1) is 9.20. The highest BCUT2D eigenvalue weighted by atomic mass is 19.1. The van der Waals surface area contributed by atoms with Crippen molar-refractivity contribution in [3.63, 3.8) is 0 Å². The highest BCUT2D eigenvalue weighted by Crippen LogP contribution is 2.17. The highest BCUT2D eigenvalue weighted by molar-refractivity contribution is 5.26. The summed E-state index contributed by atoms with van der Waals surface area (Å²) in [6.45, 7) is 3.44. The molecule has 0 aliphatic rings. The van der Waals surface area contributed by atoms with Crippen LogP contribution in [-0.4, -0.2) is 0 Å². The molecule has 1 aromatic rings. The number of nitrogens with two attached hydrogens (primary N) is 1.